The molecule has 0 saturated carbocycles. The van der Waals surface area contributed by atoms with Gasteiger partial charge in [-0.3, -0.25) is 9.36 Å². The Morgan fingerprint density at radius 3 is 2.52 bits per heavy atom. The van der Waals surface area contributed by atoms with Gasteiger partial charge in [0.25, 0.3) is 5.91 Å². The van der Waals surface area contributed by atoms with Gasteiger partial charge in [0.1, 0.15) is 11.3 Å². The number of aromatic nitrogens is 2. The van der Waals surface area contributed by atoms with E-state index in [4.69, 9.17) is 4.52 Å². The van der Waals surface area contributed by atoms with Crippen LogP contribution in [-0.2, 0) is 4.79 Å². The topological polar surface area (TPSA) is 97.4 Å². The number of carboxylic acids is 1. The van der Waals surface area contributed by atoms with Crippen LogP contribution < -0.4 is 5.32 Å². The van der Waals surface area contributed by atoms with Crippen LogP contribution in [0.5, 0.6) is 0 Å². The predicted octanol–water partition coefficient (Wildman–Crippen LogP) is 2.47. The highest BCUT2D eigenvalue weighted by Crippen LogP contribution is 2.29. The summed E-state index contributed by atoms with van der Waals surface area (Å²) in [6.07, 6.45) is 0.861. The molecule has 2 aromatic rings. The number of aliphatic carboxylic acids is 1. The zero-order chi connectivity index (χ0) is 18.2. The zero-order valence-corrected chi connectivity index (χ0v) is 15.3. The molecule has 0 aromatic carbocycles. The summed E-state index contributed by atoms with van der Waals surface area (Å²) in [5, 5.41) is 16.4. The van der Waals surface area contributed by atoms with Crippen LogP contribution >= 0.6 is 11.8 Å². The van der Waals surface area contributed by atoms with Gasteiger partial charge in [0.2, 0.25) is 0 Å². The van der Waals surface area contributed by atoms with E-state index in [2.05, 4.69) is 10.5 Å². The molecule has 134 valence electrons. The Kier molecular flexibility index (Phi) is 4.64. The van der Waals surface area contributed by atoms with Crippen LogP contribution in [0.1, 0.15) is 40.3 Å². The fraction of sp³-hybridized carbons (Fsp3) is 0.471. The Labute approximate surface area is 149 Å². The Bertz CT molecular complexity index is 818. The van der Waals surface area contributed by atoms with Crippen LogP contribution in [0.15, 0.2) is 16.7 Å². The lowest BCUT2D eigenvalue weighted by Crippen LogP contribution is -2.56. The summed E-state index contributed by atoms with van der Waals surface area (Å²) in [5.41, 5.74) is 0.806. The lowest BCUT2D eigenvalue weighted by molar-refractivity contribution is -0.144. The van der Waals surface area contributed by atoms with Crippen LogP contribution in [-0.4, -0.2) is 43.8 Å². The number of thioether (sulfide) groups is 1. The highest BCUT2D eigenvalue weighted by molar-refractivity contribution is 7.99. The number of aryl methyl sites for hydroxylation is 2. The molecule has 7 nitrogen and oxygen atoms in total. The second-order valence-electron chi connectivity index (χ2n) is 6.37. The summed E-state index contributed by atoms with van der Waals surface area (Å²) in [7, 11) is 0. The molecule has 2 aromatic heterocycles. The highest BCUT2D eigenvalue weighted by atomic mass is 32.2. The minimum absolute atomic E-state index is 0.367. The van der Waals surface area contributed by atoms with Gasteiger partial charge in [0.15, 0.2) is 5.82 Å². The molecule has 0 unspecified atom stereocenters. The van der Waals surface area contributed by atoms with Crippen LogP contribution in [0.25, 0.3) is 5.82 Å². The molecular formula is C17H21N3O4S. The van der Waals surface area contributed by atoms with Gasteiger partial charge in [-0.15, -0.1) is 0 Å². The van der Waals surface area contributed by atoms with Crippen molar-refractivity contribution < 1.29 is 19.2 Å². The molecule has 0 atom stereocenters. The molecule has 1 fully saturated rings. The normalized spacial score (nSPS) is 16.6. The molecule has 2 N–H and O–H groups in total. The summed E-state index contributed by atoms with van der Waals surface area (Å²) in [6.45, 7) is 5.49. The first-order chi connectivity index (χ1) is 11.8. The van der Waals surface area contributed by atoms with Crippen LogP contribution in [0.4, 0.5) is 0 Å². The number of hydrogen-bond acceptors (Lipinski definition) is 5. The van der Waals surface area contributed by atoms with Gasteiger partial charge in [-0.1, -0.05) is 5.16 Å². The molecule has 0 bridgehead atoms. The first-order valence-corrected chi connectivity index (χ1v) is 9.26. The maximum absolute atomic E-state index is 12.8. The van der Waals surface area contributed by atoms with E-state index < -0.39 is 11.5 Å². The molecule has 1 aliphatic rings. The van der Waals surface area contributed by atoms with Crippen molar-refractivity contribution in [3.8, 4) is 5.82 Å². The van der Waals surface area contributed by atoms with Gasteiger partial charge in [-0.2, -0.15) is 11.8 Å². The van der Waals surface area contributed by atoms with E-state index >= 15 is 0 Å². The number of carbonyl (C=O) groups excluding carboxylic acids is 1. The average molecular weight is 363 g/mol. The van der Waals surface area contributed by atoms with Crippen molar-refractivity contribution in [3.05, 3.63) is 34.8 Å². The van der Waals surface area contributed by atoms with E-state index in [9.17, 15) is 14.7 Å². The molecule has 3 heterocycles. The third-order valence-corrected chi connectivity index (χ3v) is 5.61. The molecule has 1 saturated heterocycles. The smallest absolute Gasteiger partial charge is 0.329 e. The van der Waals surface area contributed by atoms with Crippen molar-refractivity contribution in [1.29, 1.82) is 0 Å². The second kappa shape index (κ2) is 6.59. The molecule has 1 amide bonds. The van der Waals surface area contributed by atoms with Crippen molar-refractivity contribution in [2.24, 2.45) is 0 Å². The number of amides is 1. The quantitative estimate of drug-likeness (QED) is 0.866. The maximum atomic E-state index is 12.8. The zero-order valence-electron chi connectivity index (χ0n) is 14.5. The van der Waals surface area contributed by atoms with Crippen molar-refractivity contribution >= 4 is 23.6 Å². The molecule has 1 aliphatic heterocycles. The standard InChI is InChI=1S/C17H21N3O4S/c1-10-8-13(12(3)20(10)14-9-11(2)24-19-14)15(21)18-17(16(22)23)4-6-25-7-5-17/h8-9H,4-7H2,1-3H3,(H,18,21)(H,22,23). The number of nitrogens with one attached hydrogen (secondary N) is 1. The largest absolute Gasteiger partial charge is 0.480 e. The monoisotopic (exact) mass is 363 g/mol. The number of carboxylic acid groups (broad SMARTS) is 1. The molecule has 0 spiro atoms. The highest BCUT2D eigenvalue weighted by Gasteiger charge is 2.41. The summed E-state index contributed by atoms with van der Waals surface area (Å²) in [6, 6.07) is 3.54. The van der Waals surface area contributed by atoms with Gasteiger partial charge < -0.3 is 14.9 Å². The number of hydrogen-bond donors (Lipinski definition) is 2. The number of carbonyl (C=O) groups is 2. The Morgan fingerprint density at radius 2 is 1.96 bits per heavy atom. The van der Waals surface area contributed by atoms with E-state index in [0.29, 0.717) is 35.7 Å². The summed E-state index contributed by atoms with van der Waals surface area (Å²) in [5.74, 6) is 1.40. The molecule has 0 radical (unpaired) electrons. The van der Waals surface area contributed by atoms with Crippen molar-refractivity contribution in [2.45, 2.75) is 39.2 Å². The third-order valence-electron chi connectivity index (χ3n) is 4.63. The van der Waals surface area contributed by atoms with Crippen molar-refractivity contribution in [1.82, 2.24) is 15.0 Å². The molecule has 3 rings (SSSR count). The fourth-order valence-electron chi connectivity index (χ4n) is 3.20. The van der Waals surface area contributed by atoms with E-state index in [1.54, 1.807) is 30.8 Å². The second-order valence-corrected chi connectivity index (χ2v) is 7.59. The lowest BCUT2D eigenvalue weighted by Gasteiger charge is -2.33. The van der Waals surface area contributed by atoms with Crippen LogP contribution in [0.2, 0.25) is 0 Å². The fourth-order valence-corrected chi connectivity index (χ4v) is 4.39. The predicted molar refractivity (Wildman–Crippen MR) is 94.4 cm³/mol. The van der Waals surface area contributed by atoms with Gasteiger partial charge in [0.05, 0.1) is 5.56 Å². The number of rotatable bonds is 4. The van der Waals surface area contributed by atoms with E-state index in [1.165, 1.54) is 0 Å². The first kappa shape index (κ1) is 17.6. The van der Waals surface area contributed by atoms with Gasteiger partial charge >= 0.3 is 5.97 Å². The summed E-state index contributed by atoms with van der Waals surface area (Å²) < 4.78 is 6.95. The van der Waals surface area contributed by atoms with Crippen molar-refractivity contribution in [2.75, 3.05) is 11.5 Å². The van der Waals surface area contributed by atoms with Gasteiger partial charge in [0, 0.05) is 17.5 Å². The Morgan fingerprint density at radius 1 is 1.28 bits per heavy atom. The Balaban J connectivity index is 1.91. The molecule has 0 aliphatic carbocycles. The van der Waals surface area contributed by atoms with E-state index in [0.717, 1.165) is 17.2 Å². The minimum Gasteiger partial charge on any atom is -0.480 e. The number of nitrogens with zero attached hydrogens (tertiary/aromatic N) is 2. The molecule has 25 heavy (non-hydrogen) atoms. The third kappa shape index (κ3) is 3.18. The average Bonchev–Trinajstić information content (AvgIpc) is 3.11. The van der Waals surface area contributed by atoms with Crippen molar-refractivity contribution in [3.63, 3.8) is 0 Å². The summed E-state index contributed by atoms with van der Waals surface area (Å²) in [4.78, 5) is 24.6. The van der Waals surface area contributed by atoms with E-state index in [-0.39, 0.29) is 5.91 Å². The molecular weight excluding hydrogens is 342 g/mol. The van der Waals surface area contributed by atoms with Gasteiger partial charge in [-0.25, -0.2) is 4.79 Å². The first-order valence-electron chi connectivity index (χ1n) is 8.10. The minimum atomic E-state index is -1.19. The summed E-state index contributed by atoms with van der Waals surface area (Å²) >= 11 is 1.71. The van der Waals surface area contributed by atoms with Crippen LogP contribution in [0, 0.1) is 20.8 Å². The molecule has 8 heteroatoms. The SMILES string of the molecule is Cc1cc(-n2c(C)cc(C(=O)NC3(C(=O)O)CCSCC3)c2C)no1. The lowest BCUT2D eigenvalue weighted by atomic mass is 9.92. The Hall–Kier alpha value is -2.22. The van der Waals surface area contributed by atoms with E-state index in [1.807, 2.05) is 18.4 Å². The maximum Gasteiger partial charge on any atom is 0.329 e. The van der Waals surface area contributed by atoms with Crippen LogP contribution in [0.3, 0.4) is 0 Å². The van der Waals surface area contributed by atoms with Gasteiger partial charge in [-0.05, 0) is 51.2 Å².